The van der Waals surface area contributed by atoms with Gasteiger partial charge in [-0.2, -0.15) is 0 Å². The van der Waals surface area contributed by atoms with Gasteiger partial charge in [0.25, 0.3) is 5.91 Å². The summed E-state index contributed by atoms with van der Waals surface area (Å²) in [4.78, 5) is 11.2. The Labute approximate surface area is 72.3 Å². The minimum Gasteiger partial charge on any atom is -0.329 e. The molecule has 0 saturated carbocycles. The van der Waals surface area contributed by atoms with E-state index in [9.17, 15) is 4.79 Å². The summed E-state index contributed by atoms with van der Waals surface area (Å²) >= 11 is 0. The normalized spacial score (nSPS) is 27.2. The van der Waals surface area contributed by atoms with Crippen LogP contribution in [0, 0.1) is 0 Å². The maximum Gasteiger partial charge on any atom is 0.252 e. The molecule has 70 valence electrons. The number of likely N-dealkylation sites (N-methyl/N-ethyl adjacent to an activating group) is 1. The molecule has 1 saturated heterocycles. The van der Waals surface area contributed by atoms with Gasteiger partial charge in [0, 0.05) is 26.2 Å². The van der Waals surface area contributed by atoms with Crippen molar-refractivity contribution in [2.75, 3.05) is 20.1 Å². The van der Waals surface area contributed by atoms with Gasteiger partial charge in [-0.1, -0.05) is 0 Å². The van der Waals surface area contributed by atoms with Crippen LogP contribution in [0.3, 0.4) is 0 Å². The van der Waals surface area contributed by atoms with Crippen LogP contribution in [0.1, 0.15) is 6.92 Å². The summed E-state index contributed by atoms with van der Waals surface area (Å²) in [5.74, 6) is 0.0257. The number of hydrazine groups is 1. The van der Waals surface area contributed by atoms with E-state index in [0.717, 1.165) is 0 Å². The third kappa shape index (κ3) is 2.17. The van der Waals surface area contributed by atoms with Gasteiger partial charge in [0.15, 0.2) is 0 Å². The Morgan fingerprint density at radius 2 is 2.58 bits per heavy atom. The van der Waals surface area contributed by atoms with Crippen LogP contribution in [0.5, 0.6) is 0 Å². The number of carbonyl (C=O) groups is 1. The van der Waals surface area contributed by atoms with E-state index in [1.807, 2.05) is 14.0 Å². The molecule has 12 heavy (non-hydrogen) atoms. The molecule has 1 rings (SSSR count). The lowest BCUT2D eigenvalue weighted by molar-refractivity contribution is -0.122. The van der Waals surface area contributed by atoms with Crippen LogP contribution in [0.2, 0.25) is 0 Å². The van der Waals surface area contributed by atoms with Gasteiger partial charge in [-0.05, 0) is 6.92 Å². The van der Waals surface area contributed by atoms with Gasteiger partial charge in [0.05, 0.1) is 0 Å². The number of hydrogen-bond donors (Lipinski definition) is 3. The number of nitrogens with one attached hydrogen (secondary N) is 2. The van der Waals surface area contributed by atoms with Crippen molar-refractivity contribution in [1.82, 2.24) is 15.8 Å². The van der Waals surface area contributed by atoms with Crippen LogP contribution in [-0.4, -0.2) is 43.1 Å². The lowest BCUT2D eigenvalue weighted by Crippen LogP contribution is -2.45. The largest absolute Gasteiger partial charge is 0.329 e. The summed E-state index contributed by atoms with van der Waals surface area (Å²) in [7, 11) is 1.84. The second-order valence-electron chi connectivity index (χ2n) is 3.21. The Kier molecular flexibility index (Phi) is 3.02. The molecule has 0 aromatic rings. The number of rotatable bonds is 3. The van der Waals surface area contributed by atoms with Crippen molar-refractivity contribution in [3.05, 3.63) is 0 Å². The molecule has 0 bridgehead atoms. The van der Waals surface area contributed by atoms with Crippen molar-refractivity contribution in [3.8, 4) is 0 Å². The lowest BCUT2D eigenvalue weighted by atomic mass is 10.2. The van der Waals surface area contributed by atoms with E-state index >= 15 is 0 Å². The second kappa shape index (κ2) is 3.84. The van der Waals surface area contributed by atoms with Crippen molar-refractivity contribution in [2.24, 2.45) is 5.73 Å². The number of nitrogens with two attached hydrogens (primary N) is 1. The van der Waals surface area contributed by atoms with Crippen LogP contribution in [-0.2, 0) is 4.79 Å². The highest BCUT2D eigenvalue weighted by Gasteiger charge is 2.28. The highest BCUT2D eigenvalue weighted by atomic mass is 16.2. The zero-order valence-corrected chi connectivity index (χ0v) is 7.50. The van der Waals surface area contributed by atoms with Gasteiger partial charge in [-0.25, -0.2) is 5.01 Å². The van der Waals surface area contributed by atoms with Crippen LogP contribution in [0.4, 0.5) is 0 Å². The highest BCUT2D eigenvalue weighted by Crippen LogP contribution is 1.97. The Balaban J connectivity index is 2.37. The molecular weight excluding hydrogens is 156 g/mol. The number of amides is 1. The fraction of sp³-hybridized carbons (Fsp3) is 0.857. The summed E-state index contributed by atoms with van der Waals surface area (Å²) in [6, 6.07) is 0.0702. The van der Waals surface area contributed by atoms with E-state index < -0.39 is 0 Å². The summed E-state index contributed by atoms with van der Waals surface area (Å²) in [5, 5.41) is 4.90. The average Bonchev–Trinajstić information content (AvgIpc) is 2.30. The predicted octanol–water partition coefficient (Wildman–Crippen LogP) is -1.73. The molecule has 2 atom stereocenters. The lowest BCUT2D eigenvalue weighted by Gasteiger charge is -2.14. The third-order valence-electron chi connectivity index (χ3n) is 1.91. The van der Waals surface area contributed by atoms with Crippen LogP contribution in [0.25, 0.3) is 0 Å². The van der Waals surface area contributed by atoms with Crippen molar-refractivity contribution in [3.63, 3.8) is 0 Å². The maximum atomic E-state index is 11.2. The van der Waals surface area contributed by atoms with Crippen molar-refractivity contribution in [1.29, 1.82) is 0 Å². The maximum absolute atomic E-state index is 11.2. The topological polar surface area (TPSA) is 70.4 Å². The minimum absolute atomic E-state index is 0.0257. The first-order valence-electron chi connectivity index (χ1n) is 4.11. The van der Waals surface area contributed by atoms with Gasteiger partial charge in [0.2, 0.25) is 0 Å². The quantitative estimate of drug-likeness (QED) is 0.473. The third-order valence-corrected chi connectivity index (χ3v) is 1.91. The van der Waals surface area contributed by atoms with Gasteiger partial charge in [-0.3, -0.25) is 10.2 Å². The first kappa shape index (κ1) is 9.44. The summed E-state index contributed by atoms with van der Waals surface area (Å²) in [5.41, 5.74) is 8.11. The molecule has 1 amide bonds. The van der Waals surface area contributed by atoms with E-state index in [-0.39, 0.29) is 18.0 Å². The van der Waals surface area contributed by atoms with Gasteiger partial charge in [0.1, 0.15) is 6.04 Å². The Morgan fingerprint density at radius 1 is 1.92 bits per heavy atom. The van der Waals surface area contributed by atoms with Crippen LogP contribution in [0.15, 0.2) is 0 Å². The molecule has 4 N–H and O–H groups in total. The molecule has 0 radical (unpaired) electrons. The smallest absolute Gasteiger partial charge is 0.252 e. The van der Waals surface area contributed by atoms with Gasteiger partial charge in [-0.15, -0.1) is 0 Å². The molecular formula is C7H16N4O. The zero-order valence-electron chi connectivity index (χ0n) is 7.50. The van der Waals surface area contributed by atoms with Crippen molar-refractivity contribution < 1.29 is 4.79 Å². The first-order chi connectivity index (χ1) is 5.63. The average molecular weight is 172 g/mol. The number of hydrogen-bond acceptors (Lipinski definition) is 4. The molecule has 2 unspecified atom stereocenters. The fourth-order valence-electron chi connectivity index (χ4n) is 1.21. The summed E-state index contributed by atoms with van der Waals surface area (Å²) in [6.07, 6.45) is 0. The molecule has 0 spiro atoms. The van der Waals surface area contributed by atoms with Crippen molar-refractivity contribution in [2.45, 2.75) is 19.0 Å². The standard InChI is InChI=1S/C7H16N4O/c1-5(3-8)9-6-4-11(2)10-7(6)12/h5-6,9H,3-4,8H2,1-2H3,(H,10,12). The molecule has 1 fully saturated rings. The Hall–Kier alpha value is -0.650. The fourth-order valence-corrected chi connectivity index (χ4v) is 1.21. The van der Waals surface area contributed by atoms with E-state index in [0.29, 0.717) is 13.1 Å². The SMILES string of the molecule is CC(CN)NC1CN(C)NC1=O. The second-order valence-corrected chi connectivity index (χ2v) is 3.21. The highest BCUT2D eigenvalue weighted by molar-refractivity contribution is 5.83. The predicted molar refractivity (Wildman–Crippen MR) is 46.2 cm³/mol. The molecule has 0 aromatic heterocycles. The van der Waals surface area contributed by atoms with Crippen LogP contribution >= 0.6 is 0 Å². The summed E-state index contributed by atoms with van der Waals surface area (Å²) < 4.78 is 0. The van der Waals surface area contributed by atoms with E-state index in [1.54, 1.807) is 5.01 Å². The van der Waals surface area contributed by atoms with E-state index in [1.165, 1.54) is 0 Å². The van der Waals surface area contributed by atoms with Gasteiger partial charge >= 0.3 is 0 Å². The van der Waals surface area contributed by atoms with Gasteiger partial charge < -0.3 is 11.1 Å². The van der Waals surface area contributed by atoms with Crippen molar-refractivity contribution >= 4 is 5.91 Å². The Bertz CT molecular complexity index is 173. The monoisotopic (exact) mass is 172 g/mol. The minimum atomic E-state index is -0.117. The first-order valence-corrected chi connectivity index (χ1v) is 4.11. The molecule has 1 aliphatic heterocycles. The summed E-state index contributed by atoms with van der Waals surface area (Å²) in [6.45, 7) is 3.21. The van der Waals surface area contributed by atoms with E-state index in [2.05, 4.69) is 10.7 Å². The Morgan fingerprint density at radius 3 is 3.00 bits per heavy atom. The van der Waals surface area contributed by atoms with Crippen LogP contribution < -0.4 is 16.5 Å². The zero-order chi connectivity index (χ0) is 9.14. The molecule has 0 aliphatic carbocycles. The van der Waals surface area contributed by atoms with E-state index in [4.69, 9.17) is 5.73 Å². The molecule has 0 aromatic carbocycles. The molecule has 1 aliphatic rings. The number of nitrogens with zero attached hydrogens (tertiary/aromatic N) is 1. The molecule has 1 heterocycles. The molecule has 5 nitrogen and oxygen atoms in total. The molecule has 5 heteroatoms. The number of carbonyl (C=O) groups excluding carboxylic acids is 1.